The van der Waals surface area contributed by atoms with Crippen molar-refractivity contribution >= 4 is 33.2 Å². The summed E-state index contributed by atoms with van der Waals surface area (Å²) in [7, 11) is 1.71. The van der Waals surface area contributed by atoms with E-state index < -0.39 is 0 Å². The molecule has 8 heteroatoms. The monoisotopic (exact) mass is 452 g/mol. The molecular weight excluding hydrogens is 420 g/mol. The Hall–Kier alpha value is -2.92. The van der Waals surface area contributed by atoms with Gasteiger partial charge in [0.1, 0.15) is 27.8 Å². The van der Waals surface area contributed by atoms with Gasteiger partial charge in [0.05, 0.1) is 10.7 Å². The molecule has 3 aromatic heterocycles. The predicted molar refractivity (Wildman–Crippen MR) is 133 cm³/mol. The van der Waals surface area contributed by atoms with E-state index in [4.69, 9.17) is 0 Å². The quantitative estimate of drug-likeness (QED) is 0.612. The smallest absolute Gasteiger partial charge is 0.271 e. The maximum Gasteiger partial charge on any atom is 0.271 e. The summed E-state index contributed by atoms with van der Waals surface area (Å²) < 4.78 is 1.55. The molecule has 0 saturated carbocycles. The first-order valence-electron chi connectivity index (χ1n) is 11.2. The zero-order valence-corrected chi connectivity index (χ0v) is 20.4. The Morgan fingerprint density at radius 2 is 1.94 bits per heavy atom. The van der Waals surface area contributed by atoms with Crippen LogP contribution in [0.25, 0.3) is 10.3 Å². The maximum atomic E-state index is 12.4. The van der Waals surface area contributed by atoms with Crippen LogP contribution in [0.15, 0.2) is 23.0 Å². The number of piperidine rings is 1. The number of hydrogen-bond donors (Lipinski definition) is 1. The Labute approximate surface area is 193 Å². The highest BCUT2D eigenvalue weighted by molar-refractivity contribution is 7.18. The number of nitrogens with one attached hydrogen (secondary N) is 1. The van der Waals surface area contributed by atoms with E-state index in [0.717, 1.165) is 65.0 Å². The van der Waals surface area contributed by atoms with Crippen LogP contribution in [0.5, 0.6) is 0 Å². The van der Waals surface area contributed by atoms with Gasteiger partial charge in [-0.2, -0.15) is 5.26 Å². The van der Waals surface area contributed by atoms with Gasteiger partial charge in [0.25, 0.3) is 5.56 Å². The third kappa shape index (κ3) is 5.10. The minimum Gasteiger partial charge on any atom is -0.370 e. The Balaban J connectivity index is 0.000000207. The van der Waals surface area contributed by atoms with Gasteiger partial charge in [-0.25, -0.2) is 9.97 Å². The van der Waals surface area contributed by atoms with E-state index in [1.54, 1.807) is 11.6 Å². The molecule has 0 radical (unpaired) electrons. The SMILES string of the molecule is CCNc1cccc(C(C)C)n1.Cc1nc2c(N3CCCCC3)c(C#N)c(=O)n(C)c2s1. The van der Waals surface area contributed by atoms with Gasteiger partial charge >= 0.3 is 0 Å². The summed E-state index contributed by atoms with van der Waals surface area (Å²) in [5, 5.41) is 13.5. The van der Waals surface area contributed by atoms with Gasteiger partial charge in [-0.05, 0) is 51.2 Å². The lowest BCUT2D eigenvalue weighted by atomic mass is 10.1. The number of nitriles is 1. The van der Waals surface area contributed by atoms with Crippen molar-refractivity contribution in [3.63, 3.8) is 0 Å². The van der Waals surface area contributed by atoms with Gasteiger partial charge in [0, 0.05) is 32.4 Å². The van der Waals surface area contributed by atoms with Crippen LogP contribution in [0.3, 0.4) is 0 Å². The fourth-order valence-corrected chi connectivity index (χ4v) is 4.73. The minimum atomic E-state index is -0.218. The lowest BCUT2D eigenvalue weighted by molar-refractivity contribution is 0.578. The molecule has 0 aromatic carbocycles. The van der Waals surface area contributed by atoms with Crippen molar-refractivity contribution in [2.45, 2.75) is 52.9 Å². The highest BCUT2D eigenvalue weighted by Gasteiger charge is 2.24. The molecule has 4 heterocycles. The van der Waals surface area contributed by atoms with Gasteiger partial charge in [-0.3, -0.25) is 4.79 Å². The summed E-state index contributed by atoms with van der Waals surface area (Å²) in [6.45, 7) is 11.0. The van der Waals surface area contributed by atoms with Crippen LogP contribution < -0.4 is 15.8 Å². The van der Waals surface area contributed by atoms with Crippen molar-refractivity contribution in [1.82, 2.24) is 14.5 Å². The van der Waals surface area contributed by atoms with Crippen molar-refractivity contribution < 1.29 is 0 Å². The van der Waals surface area contributed by atoms with E-state index in [-0.39, 0.29) is 11.1 Å². The number of anilines is 2. The zero-order valence-electron chi connectivity index (χ0n) is 19.6. The van der Waals surface area contributed by atoms with Crippen LogP contribution in [-0.2, 0) is 7.05 Å². The average Bonchev–Trinajstić information content (AvgIpc) is 3.19. The number of hydrogen-bond acceptors (Lipinski definition) is 7. The minimum absolute atomic E-state index is 0.218. The molecule has 1 aliphatic rings. The zero-order chi connectivity index (χ0) is 23.3. The van der Waals surface area contributed by atoms with E-state index in [9.17, 15) is 10.1 Å². The molecule has 0 bridgehead atoms. The third-order valence-corrected chi connectivity index (χ3v) is 6.55. The number of nitrogens with zero attached hydrogens (tertiary/aromatic N) is 5. The molecular formula is C24H32N6OS. The number of pyridine rings is 2. The Morgan fingerprint density at radius 3 is 2.56 bits per heavy atom. The van der Waals surface area contributed by atoms with Gasteiger partial charge in [0.15, 0.2) is 0 Å². The van der Waals surface area contributed by atoms with E-state index in [2.05, 4.69) is 53.1 Å². The topological polar surface area (TPSA) is 86.8 Å². The Bertz CT molecular complexity index is 1170. The van der Waals surface area contributed by atoms with Crippen LogP contribution >= 0.6 is 11.3 Å². The predicted octanol–water partition coefficient (Wildman–Crippen LogP) is 4.80. The van der Waals surface area contributed by atoms with Gasteiger partial charge in [-0.15, -0.1) is 11.3 Å². The summed E-state index contributed by atoms with van der Waals surface area (Å²) in [4.78, 5) is 24.4. The van der Waals surface area contributed by atoms with Crippen molar-refractivity contribution in [3.05, 3.63) is 44.8 Å². The molecule has 1 aliphatic heterocycles. The molecule has 0 atom stereocenters. The molecule has 0 aliphatic carbocycles. The van der Waals surface area contributed by atoms with Crippen molar-refractivity contribution in [2.24, 2.45) is 7.05 Å². The summed E-state index contributed by atoms with van der Waals surface area (Å²) in [6.07, 6.45) is 3.41. The van der Waals surface area contributed by atoms with Crippen LogP contribution in [0.4, 0.5) is 11.5 Å². The molecule has 170 valence electrons. The molecule has 1 fully saturated rings. The first-order chi connectivity index (χ1) is 15.4. The second-order valence-electron chi connectivity index (χ2n) is 8.27. The van der Waals surface area contributed by atoms with Crippen molar-refractivity contribution in [3.8, 4) is 6.07 Å². The molecule has 1 saturated heterocycles. The van der Waals surface area contributed by atoms with Crippen molar-refractivity contribution in [2.75, 3.05) is 29.9 Å². The molecule has 0 amide bonds. The molecule has 0 spiro atoms. The number of aryl methyl sites for hydroxylation is 2. The van der Waals surface area contributed by atoms with Gasteiger partial charge in [-0.1, -0.05) is 19.9 Å². The summed E-state index contributed by atoms with van der Waals surface area (Å²) >= 11 is 1.51. The molecule has 0 unspecified atom stereocenters. The van der Waals surface area contributed by atoms with Gasteiger partial charge < -0.3 is 14.8 Å². The van der Waals surface area contributed by atoms with Crippen LogP contribution in [-0.4, -0.2) is 34.2 Å². The fraction of sp³-hybridized carbons (Fsp3) is 0.500. The number of rotatable bonds is 4. The maximum absolute atomic E-state index is 12.4. The average molecular weight is 453 g/mol. The third-order valence-electron chi connectivity index (χ3n) is 5.50. The fourth-order valence-electron chi connectivity index (χ4n) is 3.86. The Kier molecular flexibility index (Phi) is 7.86. The Morgan fingerprint density at radius 1 is 1.22 bits per heavy atom. The number of thiazole rings is 1. The molecule has 3 aromatic rings. The summed E-state index contributed by atoms with van der Waals surface area (Å²) in [5.41, 5.74) is 2.70. The standard InChI is InChI=1S/C14H16N4OS.C10H16N2/c1-9-16-11-12(18-6-4-3-5-7-18)10(8-15)13(19)17(2)14(11)20-9;1-4-11-10-7-5-6-9(12-10)8(2)3/h3-7H2,1-2H3;5-8H,4H2,1-3H3,(H,11,12). The molecule has 32 heavy (non-hydrogen) atoms. The molecule has 7 nitrogen and oxygen atoms in total. The van der Waals surface area contributed by atoms with Crippen LogP contribution in [0.2, 0.25) is 0 Å². The van der Waals surface area contributed by atoms with E-state index in [0.29, 0.717) is 5.92 Å². The van der Waals surface area contributed by atoms with E-state index in [1.807, 2.05) is 19.1 Å². The second-order valence-corrected chi connectivity index (χ2v) is 9.45. The summed E-state index contributed by atoms with van der Waals surface area (Å²) in [6, 6.07) is 8.19. The first-order valence-corrected chi connectivity index (χ1v) is 12.0. The number of fused-ring (bicyclic) bond motifs is 1. The lowest BCUT2D eigenvalue weighted by Crippen LogP contribution is -2.33. The molecule has 1 N–H and O–H groups in total. The highest BCUT2D eigenvalue weighted by Crippen LogP contribution is 2.32. The first kappa shape index (κ1) is 23.7. The summed E-state index contributed by atoms with van der Waals surface area (Å²) in [5.74, 6) is 1.48. The number of aromatic nitrogens is 3. The largest absolute Gasteiger partial charge is 0.370 e. The van der Waals surface area contributed by atoms with Crippen LogP contribution in [0, 0.1) is 18.3 Å². The van der Waals surface area contributed by atoms with Gasteiger partial charge in [0.2, 0.25) is 0 Å². The second kappa shape index (κ2) is 10.6. The van der Waals surface area contributed by atoms with E-state index in [1.165, 1.54) is 17.8 Å². The lowest BCUT2D eigenvalue weighted by Gasteiger charge is -2.29. The van der Waals surface area contributed by atoms with Crippen LogP contribution in [0.1, 0.15) is 62.2 Å². The highest BCUT2D eigenvalue weighted by atomic mass is 32.1. The molecule has 4 rings (SSSR count). The van der Waals surface area contributed by atoms with E-state index >= 15 is 0 Å². The normalized spacial score (nSPS) is 13.6. The van der Waals surface area contributed by atoms with Crippen molar-refractivity contribution in [1.29, 1.82) is 5.26 Å².